The summed E-state index contributed by atoms with van der Waals surface area (Å²) in [6.07, 6.45) is 3.84. The number of nitrogens with one attached hydrogen (secondary N) is 3. The molecule has 280 valence electrons. The van der Waals surface area contributed by atoms with Gasteiger partial charge in [0.05, 0.1) is 10.9 Å². The second-order valence-corrected chi connectivity index (χ2v) is 16.4. The van der Waals surface area contributed by atoms with Crippen LogP contribution in [0.3, 0.4) is 0 Å². The Morgan fingerprint density at radius 3 is 1.94 bits per heavy atom. The Morgan fingerprint density at radius 2 is 1.39 bits per heavy atom. The van der Waals surface area contributed by atoms with E-state index in [1.165, 1.54) is 16.7 Å². The number of rotatable bonds is 17. The molecule has 8 heteroatoms. The molecular formula is C46H51N3O3S2. The summed E-state index contributed by atoms with van der Waals surface area (Å²) in [5.41, 5.74) is 7.18. The summed E-state index contributed by atoms with van der Waals surface area (Å²) < 4.78 is 5.13. The Morgan fingerprint density at radius 1 is 0.815 bits per heavy atom. The number of thioether (sulfide) groups is 2. The van der Waals surface area contributed by atoms with Crippen LogP contribution in [-0.4, -0.2) is 60.4 Å². The van der Waals surface area contributed by atoms with Crippen LogP contribution in [0.4, 0.5) is 5.69 Å². The predicted molar refractivity (Wildman–Crippen MR) is 227 cm³/mol. The normalized spacial score (nSPS) is 16.1. The molecule has 6 nitrogen and oxygen atoms in total. The van der Waals surface area contributed by atoms with Crippen LogP contribution in [0.2, 0.25) is 0 Å². The molecule has 5 aromatic rings. The van der Waals surface area contributed by atoms with Gasteiger partial charge in [0.25, 0.3) is 5.91 Å². The van der Waals surface area contributed by atoms with Crippen molar-refractivity contribution in [2.75, 3.05) is 30.4 Å². The molecule has 0 saturated carbocycles. The SMILES string of the molecule is CSCC[C@H](NC(=O)c1cc(NC[C@@H]2NCC[C@@H]2SC(c2ccccc2)(c2ccccc2)c2ccccc2)ccc1Cc1ccccc1)C(=O)OC(C)C. The lowest BCUT2D eigenvalue weighted by Crippen LogP contribution is -2.43. The van der Waals surface area contributed by atoms with Gasteiger partial charge in [0.1, 0.15) is 6.04 Å². The Bertz CT molecular complexity index is 1830. The average Bonchev–Trinajstić information content (AvgIpc) is 3.65. The standard InChI is InChI=1S/C46H51N3O3S2/c1-33(2)52-45(51)41(27-29-53-3)49-44(50)40-31-39(25-24-35(40)30-34-16-8-4-9-17-34)48-32-42-43(26-28-47-42)54-46(36-18-10-5-11-19-36,37-20-12-6-13-21-37)38-22-14-7-15-23-38/h4-25,31,33,41-43,47-48H,26-30,32H2,1-3H3,(H,49,50)/t41-,42-,43-/m0/s1. The smallest absolute Gasteiger partial charge is 0.328 e. The zero-order valence-corrected chi connectivity index (χ0v) is 33.0. The molecule has 3 N–H and O–H groups in total. The van der Waals surface area contributed by atoms with Gasteiger partial charge >= 0.3 is 5.97 Å². The minimum Gasteiger partial charge on any atom is -0.461 e. The molecule has 1 aliphatic rings. The lowest BCUT2D eigenvalue weighted by atomic mass is 9.84. The first kappa shape index (κ1) is 39.2. The van der Waals surface area contributed by atoms with Gasteiger partial charge in [0, 0.05) is 29.1 Å². The molecule has 1 heterocycles. The summed E-state index contributed by atoms with van der Waals surface area (Å²) in [6, 6.07) is 48.2. The number of hydrogen-bond acceptors (Lipinski definition) is 7. The van der Waals surface area contributed by atoms with E-state index < -0.39 is 16.8 Å². The minimum atomic E-state index is -0.729. The maximum atomic E-state index is 14.1. The van der Waals surface area contributed by atoms with Gasteiger partial charge in [-0.25, -0.2) is 4.79 Å². The Kier molecular flexibility index (Phi) is 13.9. The van der Waals surface area contributed by atoms with Crippen molar-refractivity contribution < 1.29 is 14.3 Å². The van der Waals surface area contributed by atoms with E-state index in [0.29, 0.717) is 30.2 Å². The number of ether oxygens (including phenoxy) is 1. The third kappa shape index (κ3) is 9.78. The molecule has 0 spiro atoms. The average molecular weight is 758 g/mol. The summed E-state index contributed by atoms with van der Waals surface area (Å²) in [5.74, 6) is 0.0477. The topological polar surface area (TPSA) is 79.5 Å². The molecule has 1 saturated heterocycles. The van der Waals surface area contributed by atoms with Gasteiger partial charge in [-0.3, -0.25) is 4.79 Å². The molecule has 0 bridgehead atoms. The van der Waals surface area contributed by atoms with Crippen molar-refractivity contribution in [2.24, 2.45) is 0 Å². The molecule has 0 aromatic heterocycles. The van der Waals surface area contributed by atoms with E-state index >= 15 is 0 Å². The molecule has 1 aliphatic heterocycles. The van der Waals surface area contributed by atoms with Crippen LogP contribution in [-0.2, 0) is 20.7 Å². The Hall–Kier alpha value is -4.50. The predicted octanol–water partition coefficient (Wildman–Crippen LogP) is 8.95. The third-order valence-corrected chi connectivity index (χ3v) is 12.4. The zero-order valence-electron chi connectivity index (χ0n) is 31.4. The van der Waals surface area contributed by atoms with Crippen LogP contribution in [0, 0.1) is 0 Å². The van der Waals surface area contributed by atoms with Gasteiger partial charge in [-0.15, -0.1) is 11.8 Å². The summed E-state index contributed by atoms with van der Waals surface area (Å²) in [5, 5.41) is 10.8. The van der Waals surface area contributed by atoms with Gasteiger partial charge in [-0.05, 0) is 91.6 Å². The number of amides is 1. The number of carbonyl (C=O) groups is 2. The van der Waals surface area contributed by atoms with Gasteiger partial charge < -0.3 is 20.7 Å². The molecule has 54 heavy (non-hydrogen) atoms. The van der Waals surface area contributed by atoms with Crippen LogP contribution < -0.4 is 16.0 Å². The lowest BCUT2D eigenvalue weighted by molar-refractivity contribution is -0.149. The summed E-state index contributed by atoms with van der Waals surface area (Å²) in [6.45, 7) is 5.26. The van der Waals surface area contributed by atoms with E-state index in [9.17, 15) is 9.59 Å². The molecule has 1 amide bonds. The molecule has 0 unspecified atom stereocenters. The highest BCUT2D eigenvalue weighted by atomic mass is 32.2. The fourth-order valence-corrected chi connectivity index (χ4v) is 9.50. The monoisotopic (exact) mass is 757 g/mol. The first-order valence-corrected chi connectivity index (χ1v) is 21.1. The number of anilines is 1. The highest BCUT2D eigenvalue weighted by Gasteiger charge is 2.42. The van der Waals surface area contributed by atoms with Crippen molar-refractivity contribution in [1.29, 1.82) is 0 Å². The highest BCUT2D eigenvalue weighted by Crippen LogP contribution is 2.51. The van der Waals surface area contributed by atoms with Crippen molar-refractivity contribution in [3.05, 3.63) is 173 Å². The van der Waals surface area contributed by atoms with Crippen molar-refractivity contribution in [1.82, 2.24) is 10.6 Å². The van der Waals surface area contributed by atoms with Gasteiger partial charge in [-0.1, -0.05) is 127 Å². The minimum absolute atomic E-state index is 0.175. The van der Waals surface area contributed by atoms with E-state index in [2.05, 4.69) is 125 Å². The first-order chi connectivity index (χ1) is 26.4. The van der Waals surface area contributed by atoms with Crippen LogP contribution in [0.15, 0.2) is 140 Å². The molecule has 3 atom stereocenters. The van der Waals surface area contributed by atoms with Gasteiger partial charge in [0.2, 0.25) is 0 Å². The second-order valence-electron chi connectivity index (χ2n) is 14.0. The van der Waals surface area contributed by atoms with Crippen molar-refractivity contribution in [2.45, 2.75) is 61.3 Å². The molecule has 1 fully saturated rings. The molecule has 6 rings (SSSR count). The van der Waals surface area contributed by atoms with Crippen LogP contribution in [0.5, 0.6) is 0 Å². The quantitative estimate of drug-likeness (QED) is 0.0646. The van der Waals surface area contributed by atoms with Crippen LogP contribution >= 0.6 is 23.5 Å². The highest BCUT2D eigenvalue weighted by molar-refractivity contribution is 8.01. The van der Waals surface area contributed by atoms with E-state index in [1.54, 1.807) is 11.8 Å². The fraction of sp³-hybridized carbons (Fsp3) is 0.304. The third-order valence-electron chi connectivity index (χ3n) is 9.82. The van der Waals surface area contributed by atoms with E-state index in [-0.39, 0.29) is 18.1 Å². The maximum Gasteiger partial charge on any atom is 0.328 e. The lowest BCUT2D eigenvalue weighted by Gasteiger charge is -2.38. The van der Waals surface area contributed by atoms with Crippen LogP contribution in [0.25, 0.3) is 0 Å². The number of hydrogen-bond donors (Lipinski definition) is 3. The molecule has 5 aromatic carbocycles. The summed E-state index contributed by atoms with van der Waals surface area (Å²) in [7, 11) is 0. The number of carbonyl (C=O) groups excluding carboxylic acids is 2. The van der Waals surface area contributed by atoms with E-state index in [1.807, 2.05) is 62.2 Å². The maximum absolute atomic E-state index is 14.1. The van der Waals surface area contributed by atoms with Gasteiger partial charge in [-0.2, -0.15) is 11.8 Å². The van der Waals surface area contributed by atoms with Crippen molar-refractivity contribution >= 4 is 41.1 Å². The zero-order chi connectivity index (χ0) is 37.8. The largest absolute Gasteiger partial charge is 0.461 e. The fourth-order valence-electron chi connectivity index (χ4n) is 7.17. The summed E-state index contributed by atoms with van der Waals surface area (Å²) >= 11 is 3.66. The van der Waals surface area contributed by atoms with Crippen molar-refractivity contribution in [3.8, 4) is 0 Å². The van der Waals surface area contributed by atoms with Crippen LogP contribution in [0.1, 0.15) is 64.9 Å². The number of esters is 1. The van der Waals surface area contributed by atoms with Gasteiger partial charge in [0.15, 0.2) is 0 Å². The van der Waals surface area contributed by atoms with E-state index in [4.69, 9.17) is 4.74 Å². The number of benzene rings is 5. The Balaban J connectivity index is 1.27. The molecule has 0 aliphatic carbocycles. The summed E-state index contributed by atoms with van der Waals surface area (Å²) in [4.78, 5) is 27.1. The molecular weight excluding hydrogens is 707 g/mol. The Labute approximate surface area is 329 Å². The second kappa shape index (κ2) is 19.2. The van der Waals surface area contributed by atoms with E-state index in [0.717, 1.165) is 35.5 Å². The first-order valence-electron chi connectivity index (χ1n) is 18.9. The van der Waals surface area contributed by atoms with Crippen molar-refractivity contribution in [3.63, 3.8) is 0 Å². The molecule has 0 radical (unpaired) electrons.